The minimum Gasteiger partial charge on any atom is -0.508 e. The predicted octanol–water partition coefficient (Wildman–Crippen LogP) is 1.93. The van der Waals surface area contributed by atoms with Gasteiger partial charge in [-0.15, -0.1) is 0 Å². The van der Waals surface area contributed by atoms with Crippen LogP contribution in [-0.2, 0) is 0 Å². The average molecular weight is 210 g/mol. The van der Waals surface area contributed by atoms with Crippen molar-refractivity contribution in [2.75, 3.05) is 0 Å². The molecule has 80 valence electrons. The molecule has 2 aromatic carbocycles. The molecule has 0 amide bonds. The van der Waals surface area contributed by atoms with Crippen molar-refractivity contribution in [2.24, 2.45) is 0 Å². The molecule has 2 rings (SSSR count). The molecular weight excluding hydrogens is 195 g/mol. The second-order valence-corrected chi connectivity index (χ2v) is 4.32. The highest BCUT2D eigenvalue weighted by atomic mass is 16.3. The first kappa shape index (κ1) is 10.8. The third-order valence-corrected chi connectivity index (χ3v) is 2.90. The molecule has 0 heterocycles. The minimum atomic E-state index is 0.359. The van der Waals surface area contributed by atoms with E-state index in [4.69, 9.17) is 0 Å². The maximum Gasteiger partial charge on any atom is 0.140 e. The van der Waals surface area contributed by atoms with Crippen LogP contribution in [0.5, 0.6) is 5.75 Å². The fourth-order valence-corrected chi connectivity index (χ4v) is 1.91. The number of phenols is 1. The SMILES string of the molecule is Bc1cc(C)ccc1-c1ccc(C)c(O)c1. The van der Waals surface area contributed by atoms with Gasteiger partial charge >= 0.3 is 0 Å². The standard InChI is InChI=1S/C14H15BO/c1-9-3-6-12(13(15)7-9)11-5-4-10(2)14(16)8-11/h3-8,16H,15H2,1-2H3. The third-order valence-electron chi connectivity index (χ3n) is 2.90. The van der Waals surface area contributed by atoms with E-state index in [1.165, 1.54) is 16.6 Å². The van der Waals surface area contributed by atoms with E-state index in [2.05, 4.69) is 33.0 Å². The van der Waals surface area contributed by atoms with Crippen LogP contribution in [0.25, 0.3) is 11.1 Å². The lowest BCUT2D eigenvalue weighted by molar-refractivity contribution is 0.471. The van der Waals surface area contributed by atoms with Gasteiger partial charge in [0.15, 0.2) is 0 Å². The first-order valence-electron chi connectivity index (χ1n) is 5.45. The first-order chi connectivity index (χ1) is 7.58. The highest BCUT2D eigenvalue weighted by molar-refractivity contribution is 6.36. The third kappa shape index (κ3) is 1.96. The van der Waals surface area contributed by atoms with Crippen LogP contribution in [0.4, 0.5) is 0 Å². The Morgan fingerprint density at radius 2 is 1.75 bits per heavy atom. The van der Waals surface area contributed by atoms with E-state index in [0.717, 1.165) is 11.1 Å². The molecular formula is C14H15BO. The molecule has 0 aliphatic carbocycles. The van der Waals surface area contributed by atoms with E-state index >= 15 is 0 Å². The summed E-state index contributed by atoms with van der Waals surface area (Å²) in [7, 11) is 2.10. The zero-order valence-corrected chi connectivity index (χ0v) is 9.91. The average Bonchev–Trinajstić information content (AvgIpc) is 2.22. The number of hydrogen-bond donors (Lipinski definition) is 1. The van der Waals surface area contributed by atoms with Crippen LogP contribution in [0, 0.1) is 13.8 Å². The van der Waals surface area contributed by atoms with Crippen molar-refractivity contribution in [3.63, 3.8) is 0 Å². The van der Waals surface area contributed by atoms with Crippen molar-refractivity contribution >= 4 is 13.3 Å². The van der Waals surface area contributed by atoms with Crippen LogP contribution in [0.1, 0.15) is 11.1 Å². The van der Waals surface area contributed by atoms with E-state index < -0.39 is 0 Å². The number of phenolic OH excluding ortho intramolecular Hbond substituents is 1. The largest absolute Gasteiger partial charge is 0.508 e. The van der Waals surface area contributed by atoms with Crippen LogP contribution in [0.2, 0.25) is 0 Å². The van der Waals surface area contributed by atoms with Crippen LogP contribution >= 0.6 is 0 Å². The maximum atomic E-state index is 9.71. The predicted molar refractivity (Wildman–Crippen MR) is 71.2 cm³/mol. The smallest absolute Gasteiger partial charge is 0.140 e. The molecule has 0 atom stereocenters. The maximum absolute atomic E-state index is 9.71. The van der Waals surface area contributed by atoms with Crippen LogP contribution < -0.4 is 5.46 Å². The molecule has 0 unspecified atom stereocenters. The molecule has 0 saturated carbocycles. The summed E-state index contributed by atoms with van der Waals surface area (Å²) in [5.41, 5.74) is 5.66. The van der Waals surface area contributed by atoms with Crippen molar-refractivity contribution in [3.8, 4) is 16.9 Å². The molecule has 0 aliphatic heterocycles. The van der Waals surface area contributed by atoms with Crippen molar-refractivity contribution in [2.45, 2.75) is 13.8 Å². The Morgan fingerprint density at radius 1 is 1.00 bits per heavy atom. The summed E-state index contributed by atoms with van der Waals surface area (Å²) in [5.74, 6) is 0.359. The Balaban J connectivity index is 2.54. The van der Waals surface area contributed by atoms with E-state index in [1.54, 1.807) is 0 Å². The Hall–Kier alpha value is -1.70. The molecule has 1 N–H and O–H groups in total. The second kappa shape index (κ2) is 4.05. The highest BCUT2D eigenvalue weighted by Gasteiger charge is 2.04. The zero-order valence-electron chi connectivity index (χ0n) is 9.91. The van der Waals surface area contributed by atoms with Crippen molar-refractivity contribution in [3.05, 3.63) is 47.5 Å². The molecule has 0 aromatic heterocycles. The normalized spacial score (nSPS) is 10.4. The number of benzene rings is 2. The molecule has 2 aromatic rings. The van der Waals surface area contributed by atoms with Gasteiger partial charge in [0.1, 0.15) is 13.6 Å². The summed E-state index contributed by atoms with van der Waals surface area (Å²) in [4.78, 5) is 0. The topological polar surface area (TPSA) is 20.2 Å². The van der Waals surface area contributed by atoms with Gasteiger partial charge in [0.25, 0.3) is 0 Å². The quantitative estimate of drug-likeness (QED) is 0.713. The Labute approximate surface area is 97.2 Å². The lowest BCUT2D eigenvalue weighted by Gasteiger charge is -2.08. The Kier molecular flexibility index (Phi) is 2.74. The summed E-state index contributed by atoms with van der Waals surface area (Å²) < 4.78 is 0. The lowest BCUT2D eigenvalue weighted by Crippen LogP contribution is -2.06. The van der Waals surface area contributed by atoms with Crippen molar-refractivity contribution < 1.29 is 5.11 Å². The number of rotatable bonds is 1. The van der Waals surface area contributed by atoms with E-state index in [9.17, 15) is 5.11 Å². The minimum absolute atomic E-state index is 0.359. The van der Waals surface area contributed by atoms with E-state index in [1.807, 2.05) is 25.1 Å². The molecule has 1 nitrogen and oxygen atoms in total. The fraction of sp³-hybridized carbons (Fsp3) is 0.143. The van der Waals surface area contributed by atoms with E-state index in [-0.39, 0.29) is 0 Å². The molecule has 16 heavy (non-hydrogen) atoms. The summed E-state index contributed by atoms with van der Waals surface area (Å²) in [6, 6.07) is 12.2. The van der Waals surface area contributed by atoms with Gasteiger partial charge in [0, 0.05) is 0 Å². The van der Waals surface area contributed by atoms with Gasteiger partial charge in [0.05, 0.1) is 0 Å². The monoisotopic (exact) mass is 210 g/mol. The molecule has 0 aliphatic rings. The highest BCUT2D eigenvalue weighted by Crippen LogP contribution is 2.24. The van der Waals surface area contributed by atoms with Crippen LogP contribution in [0.15, 0.2) is 36.4 Å². The van der Waals surface area contributed by atoms with Gasteiger partial charge in [-0.1, -0.05) is 41.4 Å². The van der Waals surface area contributed by atoms with Crippen molar-refractivity contribution in [1.82, 2.24) is 0 Å². The van der Waals surface area contributed by atoms with Gasteiger partial charge in [-0.3, -0.25) is 0 Å². The zero-order chi connectivity index (χ0) is 11.7. The molecule has 0 fully saturated rings. The first-order valence-corrected chi connectivity index (χ1v) is 5.45. The molecule has 0 saturated heterocycles. The second-order valence-electron chi connectivity index (χ2n) is 4.32. The summed E-state index contributed by atoms with van der Waals surface area (Å²) in [5, 5.41) is 9.71. The Bertz CT molecular complexity index is 532. The lowest BCUT2D eigenvalue weighted by atomic mass is 9.85. The van der Waals surface area contributed by atoms with Crippen LogP contribution in [-0.4, -0.2) is 13.0 Å². The molecule has 2 heteroatoms. The molecule has 0 bridgehead atoms. The summed E-state index contributed by atoms with van der Waals surface area (Å²) in [6.07, 6.45) is 0. The number of aryl methyl sites for hydroxylation is 2. The Morgan fingerprint density at radius 3 is 2.38 bits per heavy atom. The van der Waals surface area contributed by atoms with Gasteiger partial charge in [0.2, 0.25) is 0 Å². The molecule has 0 radical (unpaired) electrons. The number of aromatic hydroxyl groups is 1. The van der Waals surface area contributed by atoms with Crippen LogP contribution in [0.3, 0.4) is 0 Å². The fourth-order valence-electron chi connectivity index (χ4n) is 1.91. The number of hydrogen-bond acceptors (Lipinski definition) is 1. The van der Waals surface area contributed by atoms with Gasteiger partial charge in [-0.2, -0.15) is 0 Å². The summed E-state index contributed by atoms with van der Waals surface area (Å²) >= 11 is 0. The van der Waals surface area contributed by atoms with Gasteiger partial charge < -0.3 is 5.11 Å². The van der Waals surface area contributed by atoms with Gasteiger partial charge in [-0.25, -0.2) is 0 Å². The van der Waals surface area contributed by atoms with E-state index in [0.29, 0.717) is 5.75 Å². The van der Waals surface area contributed by atoms with Crippen molar-refractivity contribution in [1.29, 1.82) is 0 Å². The molecule has 0 spiro atoms. The van der Waals surface area contributed by atoms with Gasteiger partial charge in [-0.05, 0) is 36.6 Å². The summed E-state index contributed by atoms with van der Waals surface area (Å²) in [6.45, 7) is 3.99.